The smallest absolute Gasteiger partial charge is 0.326 e. The van der Waals surface area contributed by atoms with Gasteiger partial charge in [-0.3, -0.25) is 4.79 Å². The molecule has 6 heteroatoms. The summed E-state index contributed by atoms with van der Waals surface area (Å²) in [6.07, 6.45) is 1.10. The molecular weight excluding hydrogens is 253 g/mol. The lowest BCUT2D eigenvalue weighted by molar-refractivity contribution is -0.141. The molecule has 5 nitrogen and oxygen atoms in total. The Morgan fingerprint density at radius 2 is 2.21 bits per heavy atom. The van der Waals surface area contributed by atoms with E-state index >= 15 is 0 Å². The third-order valence-electron chi connectivity index (χ3n) is 3.20. The Morgan fingerprint density at radius 3 is 2.84 bits per heavy atom. The first-order valence-electron chi connectivity index (χ1n) is 5.92. The van der Waals surface area contributed by atoms with Gasteiger partial charge in [0.05, 0.1) is 7.11 Å². The molecule has 0 saturated carbocycles. The summed E-state index contributed by atoms with van der Waals surface area (Å²) in [6, 6.07) is 2.95. The Balaban J connectivity index is 2.26. The van der Waals surface area contributed by atoms with Crippen LogP contribution in [0.4, 0.5) is 4.39 Å². The Hall–Kier alpha value is -2.11. The fourth-order valence-corrected chi connectivity index (χ4v) is 2.23. The third-order valence-corrected chi connectivity index (χ3v) is 3.20. The van der Waals surface area contributed by atoms with E-state index in [0.717, 1.165) is 6.07 Å². The zero-order valence-electron chi connectivity index (χ0n) is 10.4. The van der Waals surface area contributed by atoms with E-state index in [0.29, 0.717) is 19.4 Å². The molecule has 0 unspecified atom stereocenters. The van der Waals surface area contributed by atoms with E-state index in [-0.39, 0.29) is 11.3 Å². The van der Waals surface area contributed by atoms with Crippen LogP contribution in [0.25, 0.3) is 0 Å². The van der Waals surface area contributed by atoms with E-state index in [2.05, 4.69) is 0 Å². The van der Waals surface area contributed by atoms with Crippen LogP contribution in [0.3, 0.4) is 0 Å². The monoisotopic (exact) mass is 267 g/mol. The number of halogens is 1. The van der Waals surface area contributed by atoms with E-state index in [1.165, 1.54) is 24.1 Å². The summed E-state index contributed by atoms with van der Waals surface area (Å²) in [5.74, 6) is -2.02. The van der Waals surface area contributed by atoms with Gasteiger partial charge in [-0.2, -0.15) is 0 Å². The van der Waals surface area contributed by atoms with Crippen molar-refractivity contribution in [1.82, 2.24) is 4.90 Å². The average molecular weight is 267 g/mol. The number of carbonyl (C=O) groups is 2. The van der Waals surface area contributed by atoms with Crippen LogP contribution < -0.4 is 4.74 Å². The summed E-state index contributed by atoms with van der Waals surface area (Å²) >= 11 is 0. The van der Waals surface area contributed by atoms with Gasteiger partial charge in [0.1, 0.15) is 6.04 Å². The molecule has 1 aromatic carbocycles. The maximum absolute atomic E-state index is 13.3. The maximum Gasteiger partial charge on any atom is 0.326 e. The van der Waals surface area contributed by atoms with Gasteiger partial charge in [0.15, 0.2) is 11.6 Å². The molecule has 1 aromatic rings. The lowest BCUT2D eigenvalue weighted by atomic mass is 10.1. The van der Waals surface area contributed by atoms with Crippen molar-refractivity contribution in [3.05, 3.63) is 29.6 Å². The predicted molar refractivity (Wildman–Crippen MR) is 64.6 cm³/mol. The number of likely N-dealkylation sites (tertiary alicyclic amines) is 1. The van der Waals surface area contributed by atoms with Crippen molar-refractivity contribution in [3.8, 4) is 5.75 Å². The van der Waals surface area contributed by atoms with Crippen molar-refractivity contribution >= 4 is 11.9 Å². The van der Waals surface area contributed by atoms with Gasteiger partial charge >= 0.3 is 5.97 Å². The topological polar surface area (TPSA) is 66.8 Å². The fourth-order valence-electron chi connectivity index (χ4n) is 2.23. The number of carbonyl (C=O) groups excluding carboxylic acids is 1. The minimum Gasteiger partial charge on any atom is -0.494 e. The molecule has 1 atom stereocenters. The number of carboxylic acid groups (broad SMARTS) is 1. The number of methoxy groups -OCH3 is 1. The molecule has 1 heterocycles. The van der Waals surface area contributed by atoms with Crippen LogP contribution in [0, 0.1) is 5.82 Å². The summed E-state index contributed by atoms with van der Waals surface area (Å²) in [5.41, 5.74) is 0.228. The SMILES string of the molecule is COc1cc(C(=O)N2CCC[C@H]2C(=O)O)ccc1F. The molecule has 19 heavy (non-hydrogen) atoms. The van der Waals surface area contributed by atoms with Crippen LogP contribution >= 0.6 is 0 Å². The van der Waals surface area contributed by atoms with Crippen LogP contribution in [0.1, 0.15) is 23.2 Å². The maximum atomic E-state index is 13.3. The highest BCUT2D eigenvalue weighted by Crippen LogP contribution is 2.23. The quantitative estimate of drug-likeness (QED) is 0.901. The van der Waals surface area contributed by atoms with E-state index in [9.17, 15) is 14.0 Å². The number of ether oxygens (including phenoxy) is 1. The van der Waals surface area contributed by atoms with Gasteiger partial charge in [0.25, 0.3) is 5.91 Å². The van der Waals surface area contributed by atoms with E-state index in [4.69, 9.17) is 9.84 Å². The number of hydrogen-bond acceptors (Lipinski definition) is 3. The molecule has 0 aliphatic carbocycles. The number of hydrogen-bond donors (Lipinski definition) is 1. The zero-order valence-corrected chi connectivity index (χ0v) is 10.4. The third kappa shape index (κ3) is 2.52. The van der Waals surface area contributed by atoms with Gasteiger partial charge in [-0.15, -0.1) is 0 Å². The molecule has 0 aromatic heterocycles. The van der Waals surface area contributed by atoms with Crippen LogP contribution in [-0.2, 0) is 4.79 Å². The van der Waals surface area contributed by atoms with Gasteiger partial charge in [0.2, 0.25) is 0 Å². The predicted octanol–water partition coefficient (Wildman–Crippen LogP) is 1.52. The zero-order chi connectivity index (χ0) is 14.0. The molecule has 2 rings (SSSR count). The molecule has 1 saturated heterocycles. The first kappa shape index (κ1) is 13.3. The summed E-state index contributed by atoms with van der Waals surface area (Å²) in [4.78, 5) is 24.6. The van der Waals surface area contributed by atoms with Crippen LogP contribution in [0.5, 0.6) is 5.75 Å². The number of carboxylic acids is 1. The minimum atomic E-state index is -1.01. The van der Waals surface area contributed by atoms with Crippen LogP contribution in [-0.4, -0.2) is 41.6 Å². The number of aliphatic carboxylic acids is 1. The van der Waals surface area contributed by atoms with Crippen molar-refractivity contribution in [2.75, 3.05) is 13.7 Å². The van der Waals surface area contributed by atoms with Crippen molar-refractivity contribution in [2.45, 2.75) is 18.9 Å². The standard InChI is InChI=1S/C13H14FNO4/c1-19-11-7-8(4-5-9(11)14)12(16)15-6-2-3-10(15)13(17)18/h4-5,7,10H,2-3,6H2,1H3,(H,17,18)/t10-/m0/s1. The van der Waals surface area contributed by atoms with Gasteiger partial charge in [-0.25, -0.2) is 9.18 Å². The molecule has 1 fully saturated rings. The van der Waals surface area contributed by atoms with Gasteiger partial charge in [0, 0.05) is 12.1 Å². The molecule has 0 spiro atoms. The highest BCUT2D eigenvalue weighted by molar-refractivity contribution is 5.97. The van der Waals surface area contributed by atoms with Gasteiger partial charge in [-0.05, 0) is 31.0 Å². The Kier molecular flexibility index (Phi) is 3.69. The second-order valence-corrected chi connectivity index (χ2v) is 4.34. The van der Waals surface area contributed by atoms with E-state index < -0.39 is 23.7 Å². The molecule has 0 radical (unpaired) electrons. The second-order valence-electron chi connectivity index (χ2n) is 4.34. The number of rotatable bonds is 3. The fraction of sp³-hybridized carbons (Fsp3) is 0.385. The van der Waals surface area contributed by atoms with Crippen molar-refractivity contribution < 1.29 is 23.8 Å². The number of amides is 1. The Bertz CT molecular complexity index is 517. The number of nitrogens with zero attached hydrogens (tertiary/aromatic N) is 1. The largest absolute Gasteiger partial charge is 0.494 e. The Morgan fingerprint density at radius 1 is 1.47 bits per heavy atom. The highest BCUT2D eigenvalue weighted by atomic mass is 19.1. The van der Waals surface area contributed by atoms with E-state index in [1.54, 1.807) is 0 Å². The molecule has 1 aliphatic heterocycles. The van der Waals surface area contributed by atoms with Gasteiger partial charge in [-0.1, -0.05) is 0 Å². The normalized spacial score (nSPS) is 18.4. The summed E-state index contributed by atoms with van der Waals surface area (Å²) in [6.45, 7) is 0.398. The lowest BCUT2D eigenvalue weighted by Gasteiger charge is -2.21. The molecular formula is C13H14FNO4. The van der Waals surface area contributed by atoms with Crippen LogP contribution in [0.15, 0.2) is 18.2 Å². The summed E-state index contributed by atoms with van der Waals surface area (Å²) in [7, 11) is 1.31. The Labute approximate surface area is 109 Å². The second kappa shape index (κ2) is 5.26. The molecule has 0 bridgehead atoms. The van der Waals surface area contributed by atoms with Crippen LogP contribution in [0.2, 0.25) is 0 Å². The first-order valence-corrected chi connectivity index (χ1v) is 5.92. The van der Waals surface area contributed by atoms with Crippen molar-refractivity contribution in [3.63, 3.8) is 0 Å². The minimum absolute atomic E-state index is 0.0306. The first-order chi connectivity index (χ1) is 9.04. The molecule has 102 valence electrons. The van der Waals surface area contributed by atoms with Crippen molar-refractivity contribution in [2.24, 2.45) is 0 Å². The van der Waals surface area contributed by atoms with E-state index in [1.807, 2.05) is 0 Å². The molecule has 1 N–H and O–H groups in total. The highest BCUT2D eigenvalue weighted by Gasteiger charge is 2.34. The summed E-state index contributed by atoms with van der Waals surface area (Å²) < 4.78 is 18.1. The van der Waals surface area contributed by atoms with Crippen molar-refractivity contribution in [1.29, 1.82) is 0 Å². The lowest BCUT2D eigenvalue weighted by Crippen LogP contribution is -2.40. The number of benzene rings is 1. The molecule has 1 amide bonds. The summed E-state index contributed by atoms with van der Waals surface area (Å²) in [5, 5.41) is 9.05. The van der Waals surface area contributed by atoms with Gasteiger partial charge < -0.3 is 14.7 Å². The molecule has 1 aliphatic rings. The average Bonchev–Trinajstić information content (AvgIpc) is 2.87.